The molecule has 0 bridgehead atoms. The van der Waals surface area contributed by atoms with Gasteiger partial charge in [-0.3, -0.25) is 9.59 Å². The second-order valence-corrected chi connectivity index (χ2v) is 7.52. The van der Waals surface area contributed by atoms with Gasteiger partial charge in [0.15, 0.2) is 5.82 Å². The zero-order valence-electron chi connectivity index (χ0n) is 17.3. The molecule has 2 heterocycles. The van der Waals surface area contributed by atoms with Gasteiger partial charge < -0.3 is 5.32 Å². The van der Waals surface area contributed by atoms with E-state index < -0.39 is 0 Å². The first-order chi connectivity index (χ1) is 13.9. The number of hydrogen-bond acceptors (Lipinski definition) is 4. The number of carbonyl (C=O) groups excluding carboxylic acids is 1. The van der Waals surface area contributed by atoms with Gasteiger partial charge in [-0.05, 0) is 36.5 Å². The molecular formula is C22H27N5O2. The summed E-state index contributed by atoms with van der Waals surface area (Å²) in [7, 11) is 0. The quantitative estimate of drug-likeness (QED) is 0.644. The number of nitrogens with one attached hydrogen (secondary N) is 2. The predicted octanol–water partition coefficient (Wildman–Crippen LogP) is 3.34. The van der Waals surface area contributed by atoms with Crippen LogP contribution in [-0.2, 0) is 6.42 Å². The van der Waals surface area contributed by atoms with Crippen molar-refractivity contribution in [2.75, 3.05) is 0 Å². The highest BCUT2D eigenvalue weighted by molar-refractivity contribution is 5.95. The molecule has 0 spiro atoms. The minimum absolute atomic E-state index is 0.105. The summed E-state index contributed by atoms with van der Waals surface area (Å²) < 4.78 is 1.54. The number of aromatic amines is 1. The molecular weight excluding hydrogens is 366 g/mol. The summed E-state index contributed by atoms with van der Waals surface area (Å²) >= 11 is 0. The maximum atomic E-state index is 13.0. The van der Waals surface area contributed by atoms with Gasteiger partial charge in [0.1, 0.15) is 0 Å². The Morgan fingerprint density at radius 2 is 1.90 bits per heavy atom. The van der Waals surface area contributed by atoms with Crippen molar-refractivity contribution in [3.05, 3.63) is 75.3 Å². The Morgan fingerprint density at radius 1 is 1.17 bits per heavy atom. The third-order valence-corrected chi connectivity index (χ3v) is 4.97. The first-order valence-corrected chi connectivity index (χ1v) is 9.91. The highest BCUT2D eigenvalue weighted by Gasteiger charge is 2.22. The molecule has 3 rings (SSSR count). The summed E-state index contributed by atoms with van der Waals surface area (Å²) in [5.74, 6) is 0.495. The molecule has 0 unspecified atom stereocenters. The minimum atomic E-state index is -0.291. The van der Waals surface area contributed by atoms with Gasteiger partial charge in [-0.1, -0.05) is 51.5 Å². The third-order valence-electron chi connectivity index (χ3n) is 4.97. The van der Waals surface area contributed by atoms with Crippen LogP contribution in [0, 0.1) is 12.8 Å². The van der Waals surface area contributed by atoms with Gasteiger partial charge in [-0.2, -0.15) is 10.2 Å². The van der Waals surface area contributed by atoms with E-state index in [0.717, 1.165) is 18.4 Å². The molecule has 1 atom stereocenters. The number of aryl methyl sites for hydroxylation is 1. The molecule has 3 aromatic rings. The van der Waals surface area contributed by atoms with Crippen molar-refractivity contribution in [2.24, 2.45) is 5.92 Å². The van der Waals surface area contributed by atoms with E-state index in [1.165, 1.54) is 22.5 Å². The van der Waals surface area contributed by atoms with E-state index in [1.54, 1.807) is 13.0 Å². The molecule has 0 aliphatic heterocycles. The maximum Gasteiger partial charge on any atom is 0.264 e. The summed E-state index contributed by atoms with van der Waals surface area (Å²) in [6.07, 6.45) is 3.69. The SMILES string of the molecule is CCCc1ccc([C@@H](NC(=O)c2cnn(-c3ccc(=O)[nH]n3)c2C)C(C)C)cc1. The molecule has 0 radical (unpaired) electrons. The lowest BCUT2D eigenvalue weighted by Crippen LogP contribution is -2.32. The maximum absolute atomic E-state index is 13.0. The van der Waals surface area contributed by atoms with E-state index in [1.807, 2.05) is 0 Å². The van der Waals surface area contributed by atoms with Crippen LogP contribution < -0.4 is 10.9 Å². The fraction of sp³-hybridized carbons (Fsp3) is 0.364. The predicted molar refractivity (Wildman–Crippen MR) is 112 cm³/mol. The molecule has 0 saturated heterocycles. The molecule has 7 nitrogen and oxygen atoms in total. The van der Waals surface area contributed by atoms with Gasteiger partial charge in [0, 0.05) is 6.07 Å². The molecule has 152 valence electrons. The minimum Gasteiger partial charge on any atom is -0.345 e. The van der Waals surface area contributed by atoms with Crippen molar-refractivity contribution in [3.8, 4) is 5.82 Å². The molecule has 0 aliphatic carbocycles. The number of amides is 1. The van der Waals surface area contributed by atoms with E-state index in [0.29, 0.717) is 17.1 Å². The van der Waals surface area contributed by atoms with Crippen LogP contribution in [-0.4, -0.2) is 25.9 Å². The highest BCUT2D eigenvalue weighted by Crippen LogP contribution is 2.23. The van der Waals surface area contributed by atoms with Crippen LogP contribution in [0.2, 0.25) is 0 Å². The van der Waals surface area contributed by atoms with E-state index in [9.17, 15) is 9.59 Å². The third kappa shape index (κ3) is 4.62. The molecule has 0 fully saturated rings. The van der Waals surface area contributed by atoms with Crippen LogP contribution in [0.15, 0.2) is 47.4 Å². The Morgan fingerprint density at radius 3 is 2.48 bits per heavy atom. The second kappa shape index (κ2) is 8.86. The summed E-state index contributed by atoms with van der Waals surface area (Å²) in [5.41, 5.74) is 3.23. The Hall–Kier alpha value is -3.22. The fourth-order valence-electron chi connectivity index (χ4n) is 3.35. The summed E-state index contributed by atoms with van der Waals surface area (Å²) in [6.45, 7) is 8.14. The molecule has 1 aromatic carbocycles. The van der Waals surface area contributed by atoms with Gasteiger partial charge >= 0.3 is 0 Å². The smallest absolute Gasteiger partial charge is 0.264 e. The van der Waals surface area contributed by atoms with E-state index in [4.69, 9.17) is 0 Å². The Labute approximate surface area is 170 Å². The molecule has 29 heavy (non-hydrogen) atoms. The number of rotatable bonds is 7. The number of hydrogen-bond donors (Lipinski definition) is 2. The molecule has 7 heteroatoms. The Kier molecular flexibility index (Phi) is 6.26. The van der Waals surface area contributed by atoms with Crippen LogP contribution in [0.25, 0.3) is 5.82 Å². The lowest BCUT2D eigenvalue weighted by molar-refractivity contribution is 0.0925. The molecule has 0 aliphatic rings. The Bertz CT molecular complexity index is 1010. The van der Waals surface area contributed by atoms with E-state index in [2.05, 4.69) is 65.6 Å². The van der Waals surface area contributed by atoms with Crippen molar-refractivity contribution >= 4 is 5.91 Å². The molecule has 1 amide bonds. The monoisotopic (exact) mass is 393 g/mol. The summed E-state index contributed by atoms with van der Waals surface area (Å²) in [5, 5.41) is 13.8. The van der Waals surface area contributed by atoms with E-state index in [-0.39, 0.29) is 23.4 Å². The number of H-pyrrole nitrogens is 1. The van der Waals surface area contributed by atoms with E-state index >= 15 is 0 Å². The second-order valence-electron chi connectivity index (χ2n) is 7.52. The normalized spacial score (nSPS) is 12.2. The number of nitrogens with zero attached hydrogens (tertiary/aromatic N) is 3. The van der Waals surface area contributed by atoms with Gasteiger partial charge in [0.25, 0.3) is 11.5 Å². The average molecular weight is 393 g/mol. The Balaban J connectivity index is 1.82. The molecule has 2 N–H and O–H groups in total. The van der Waals surface area contributed by atoms with Gasteiger partial charge in [-0.25, -0.2) is 9.78 Å². The van der Waals surface area contributed by atoms with Gasteiger partial charge in [-0.15, -0.1) is 0 Å². The van der Waals surface area contributed by atoms with Gasteiger partial charge in [0.05, 0.1) is 23.5 Å². The highest BCUT2D eigenvalue weighted by atomic mass is 16.1. The van der Waals surface area contributed by atoms with Crippen LogP contribution >= 0.6 is 0 Å². The number of aromatic nitrogens is 4. The van der Waals surface area contributed by atoms with Crippen molar-refractivity contribution in [1.29, 1.82) is 0 Å². The standard InChI is InChI=1S/C22H27N5O2/c1-5-6-16-7-9-17(10-8-16)21(14(2)3)24-22(29)18-13-23-27(15(18)4)19-11-12-20(28)26-25-19/h7-14,21H,5-6H2,1-4H3,(H,24,29)(H,26,28)/t21-/m0/s1. The number of carbonyl (C=O) groups is 1. The van der Waals surface area contributed by atoms with Crippen molar-refractivity contribution < 1.29 is 4.79 Å². The zero-order valence-corrected chi connectivity index (χ0v) is 17.3. The summed E-state index contributed by atoms with van der Waals surface area (Å²) in [6, 6.07) is 11.3. The zero-order chi connectivity index (χ0) is 21.0. The lowest BCUT2D eigenvalue weighted by Gasteiger charge is -2.23. The van der Waals surface area contributed by atoms with Gasteiger partial charge in [0.2, 0.25) is 0 Å². The average Bonchev–Trinajstić information content (AvgIpc) is 3.09. The van der Waals surface area contributed by atoms with Crippen LogP contribution in [0.4, 0.5) is 0 Å². The first-order valence-electron chi connectivity index (χ1n) is 9.91. The van der Waals surface area contributed by atoms with Crippen molar-refractivity contribution in [2.45, 2.75) is 46.6 Å². The van der Waals surface area contributed by atoms with Crippen molar-refractivity contribution in [1.82, 2.24) is 25.3 Å². The summed E-state index contributed by atoms with van der Waals surface area (Å²) in [4.78, 5) is 24.2. The first kappa shape index (κ1) is 20.5. The lowest BCUT2D eigenvalue weighted by atomic mass is 9.94. The fourth-order valence-corrected chi connectivity index (χ4v) is 3.35. The van der Waals surface area contributed by atoms with Crippen LogP contribution in [0.1, 0.15) is 60.4 Å². The van der Waals surface area contributed by atoms with Crippen LogP contribution in [0.3, 0.4) is 0 Å². The van der Waals surface area contributed by atoms with Crippen molar-refractivity contribution in [3.63, 3.8) is 0 Å². The topological polar surface area (TPSA) is 92.7 Å². The molecule has 2 aromatic heterocycles. The number of benzene rings is 1. The van der Waals surface area contributed by atoms with Crippen LogP contribution in [0.5, 0.6) is 0 Å². The largest absolute Gasteiger partial charge is 0.345 e. The molecule has 0 saturated carbocycles.